The molecule has 1 aromatic rings. The average molecular weight is 264 g/mol. The molecule has 0 aromatic carbocycles. The van der Waals surface area contributed by atoms with Crippen molar-refractivity contribution in [1.29, 1.82) is 0 Å². The third-order valence-corrected chi connectivity index (χ3v) is 4.10. The van der Waals surface area contributed by atoms with Gasteiger partial charge in [-0.25, -0.2) is 4.98 Å². The van der Waals surface area contributed by atoms with E-state index in [-0.39, 0.29) is 5.91 Å². The first kappa shape index (κ1) is 14.1. The zero-order valence-corrected chi connectivity index (χ0v) is 12.4. The lowest BCUT2D eigenvalue weighted by molar-refractivity contribution is 0.0724. The Hall–Kier alpha value is -1.32. The Morgan fingerprint density at radius 1 is 1.32 bits per heavy atom. The molecule has 4 nitrogen and oxygen atoms in total. The average Bonchev–Trinajstić information content (AvgIpc) is 2.57. The van der Waals surface area contributed by atoms with Crippen molar-refractivity contribution in [2.45, 2.75) is 47.0 Å². The number of nitrogens with zero attached hydrogens (tertiary/aromatic N) is 2. The van der Waals surface area contributed by atoms with Gasteiger partial charge in [0.2, 0.25) is 5.76 Å². The summed E-state index contributed by atoms with van der Waals surface area (Å²) in [5, 5.41) is 0. The number of amides is 1. The monoisotopic (exact) mass is 264 g/mol. The van der Waals surface area contributed by atoms with Gasteiger partial charge >= 0.3 is 0 Å². The first-order chi connectivity index (χ1) is 8.99. The minimum atomic E-state index is 0.00232. The highest BCUT2D eigenvalue weighted by Gasteiger charge is 2.26. The Bertz CT molecular complexity index is 451. The number of likely N-dealkylation sites (tertiary alicyclic amines) is 1. The maximum atomic E-state index is 12.5. The summed E-state index contributed by atoms with van der Waals surface area (Å²) in [4.78, 5) is 18.6. The highest BCUT2D eigenvalue weighted by molar-refractivity contribution is 5.92. The third kappa shape index (κ3) is 3.17. The van der Waals surface area contributed by atoms with Gasteiger partial charge in [0.25, 0.3) is 5.91 Å². The number of aromatic nitrogens is 1. The number of carbonyl (C=O) groups is 1. The Kier molecular flexibility index (Phi) is 4.27. The third-order valence-electron chi connectivity index (χ3n) is 4.10. The van der Waals surface area contributed by atoms with E-state index in [0.717, 1.165) is 31.8 Å². The zero-order chi connectivity index (χ0) is 14.0. The lowest BCUT2D eigenvalue weighted by Gasteiger charge is -2.20. The SMILES string of the molecule is Cc1nc(C)c(C(=O)N2CCCC(C(C)C)CC2)o1. The van der Waals surface area contributed by atoms with E-state index in [0.29, 0.717) is 23.3 Å². The molecule has 0 saturated carbocycles. The van der Waals surface area contributed by atoms with Gasteiger partial charge in [-0.1, -0.05) is 13.8 Å². The van der Waals surface area contributed by atoms with E-state index >= 15 is 0 Å². The highest BCUT2D eigenvalue weighted by atomic mass is 16.4. The molecule has 0 spiro atoms. The molecular formula is C15H24N2O2. The second-order valence-electron chi connectivity index (χ2n) is 5.87. The largest absolute Gasteiger partial charge is 0.436 e. The molecule has 19 heavy (non-hydrogen) atoms. The van der Waals surface area contributed by atoms with Crippen molar-refractivity contribution in [3.05, 3.63) is 17.3 Å². The summed E-state index contributed by atoms with van der Waals surface area (Å²) >= 11 is 0. The number of rotatable bonds is 2. The fraction of sp³-hybridized carbons (Fsp3) is 0.733. The van der Waals surface area contributed by atoms with E-state index in [4.69, 9.17) is 4.42 Å². The van der Waals surface area contributed by atoms with Crippen LogP contribution < -0.4 is 0 Å². The Labute approximate surface area is 115 Å². The maximum Gasteiger partial charge on any atom is 0.291 e. The second kappa shape index (κ2) is 5.76. The van der Waals surface area contributed by atoms with E-state index in [2.05, 4.69) is 18.8 Å². The summed E-state index contributed by atoms with van der Waals surface area (Å²) in [7, 11) is 0. The van der Waals surface area contributed by atoms with Crippen LogP contribution in [0.2, 0.25) is 0 Å². The molecule has 1 amide bonds. The van der Waals surface area contributed by atoms with Crippen LogP contribution in [0.25, 0.3) is 0 Å². The first-order valence-electron chi connectivity index (χ1n) is 7.22. The second-order valence-corrected chi connectivity index (χ2v) is 5.87. The summed E-state index contributed by atoms with van der Waals surface area (Å²) in [5.74, 6) is 2.42. The summed E-state index contributed by atoms with van der Waals surface area (Å²) in [5.41, 5.74) is 0.701. The van der Waals surface area contributed by atoms with Crippen LogP contribution in [0.15, 0.2) is 4.42 Å². The molecule has 4 heteroatoms. The fourth-order valence-corrected chi connectivity index (χ4v) is 2.87. The van der Waals surface area contributed by atoms with Gasteiger partial charge in [0, 0.05) is 20.0 Å². The van der Waals surface area contributed by atoms with Crippen LogP contribution in [0, 0.1) is 25.7 Å². The predicted molar refractivity (Wildman–Crippen MR) is 74.1 cm³/mol. The normalized spacial score (nSPS) is 20.7. The maximum absolute atomic E-state index is 12.5. The predicted octanol–water partition coefficient (Wildman–Crippen LogP) is 3.19. The van der Waals surface area contributed by atoms with Gasteiger partial charge in [0.15, 0.2) is 5.89 Å². The molecule has 2 heterocycles. The lowest BCUT2D eigenvalue weighted by atomic mass is 9.89. The van der Waals surface area contributed by atoms with Gasteiger partial charge in [0.1, 0.15) is 0 Å². The molecule has 1 aliphatic rings. The van der Waals surface area contributed by atoms with Gasteiger partial charge in [-0.05, 0) is 38.0 Å². The molecule has 1 atom stereocenters. The molecular weight excluding hydrogens is 240 g/mol. The smallest absolute Gasteiger partial charge is 0.291 e. The number of oxazole rings is 1. The molecule has 1 saturated heterocycles. The van der Waals surface area contributed by atoms with Crippen molar-refractivity contribution in [1.82, 2.24) is 9.88 Å². The molecule has 0 N–H and O–H groups in total. The van der Waals surface area contributed by atoms with Crippen LogP contribution in [0.1, 0.15) is 55.2 Å². The summed E-state index contributed by atoms with van der Waals surface area (Å²) in [6.07, 6.45) is 3.40. The Morgan fingerprint density at radius 2 is 2.05 bits per heavy atom. The first-order valence-corrected chi connectivity index (χ1v) is 7.22. The van der Waals surface area contributed by atoms with Crippen LogP contribution in [0.3, 0.4) is 0 Å². The summed E-state index contributed by atoms with van der Waals surface area (Å²) in [6.45, 7) is 9.82. The Morgan fingerprint density at radius 3 is 2.63 bits per heavy atom. The van der Waals surface area contributed by atoms with E-state index in [1.165, 1.54) is 6.42 Å². The fourth-order valence-electron chi connectivity index (χ4n) is 2.87. The molecule has 1 aromatic heterocycles. The van der Waals surface area contributed by atoms with Crippen molar-refractivity contribution in [2.75, 3.05) is 13.1 Å². The van der Waals surface area contributed by atoms with Crippen molar-refractivity contribution in [3.63, 3.8) is 0 Å². The van der Waals surface area contributed by atoms with Crippen molar-refractivity contribution >= 4 is 5.91 Å². The van der Waals surface area contributed by atoms with Crippen molar-refractivity contribution < 1.29 is 9.21 Å². The van der Waals surface area contributed by atoms with Gasteiger partial charge in [-0.15, -0.1) is 0 Å². The summed E-state index contributed by atoms with van der Waals surface area (Å²) in [6, 6.07) is 0. The van der Waals surface area contributed by atoms with Crippen LogP contribution >= 0.6 is 0 Å². The van der Waals surface area contributed by atoms with E-state index in [9.17, 15) is 4.79 Å². The van der Waals surface area contributed by atoms with Gasteiger partial charge in [-0.2, -0.15) is 0 Å². The number of hydrogen-bond acceptors (Lipinski definition) is 3. The molecule has 1 fully saturated rings. The van der Waals surface area contributed by atoms with E-state index in [1.807, 2.05) is 11.8 Å². The number of hydrogen-bond donors (Lipinski definition) is 0. The zero-order valence-electron chi connectivity index (χ0n) is 12.4. The molecule has 0 radical (unpaired) electrons. The molecule has 1 unspecified atom stereocenters. The van der Waals surface area contributed by atoms with Gasteiger partial charge in [-0.3, -0.25) is 4.79 Å². The van der Waals surface area contributed by atoms with Crippen LogP contribution in [-0.2, 0) is 0 Å². The van der Waals surface area contributed by atoms with E-state index < -0.39 is 0 Å². The van der Waals surface area contributed by atoms with E-state index in [1.54, 1.807) is 6.92 Å². The Balaban J connectivity index is 2.06. The topological polar surface area (TPSA) is 46.3 Å². The van der Waals surface area contributed by atoms with Crippen LogP contribution in [-0.4, -0.2) is 28.9 Å². The molecule has 0 aliphatic carbocycles. The van der Waals surface area contributed by atoms with Gasteiger partial charge < -0.3 is 9.32 Å². The summed E-state index contributed by atoms with van der Waals surface area (Å²) < 4.78 is 5.44. The molecule has 2 rings (SSSR count). The van der Waals surface area contributed by atoms with Crippen molar-refractivity contribution in [2.24, 2.45) is 11.8 Å². The highest BCUT2D eigenvalue weighted by Crippen LogP contribution is 2.25. The quantitative estimate of drug-likeness (QED) is 0.824. The molecule has 106 valence electrons. The lowest BCUT2D eigenvalue weighted by Crippen LogP contribution is -2.32. The number of carbonyl (C=O) groups excluding carboxylic acids is 1. The van der Waals surface area contributed by atoms with Crippen LogP contribution in [0.5, 0.6) is 0 Å². The minimum absolute atomic E-state index is 0.00232. The minimum Gasteiger partial charge on any atom is -0.436 e. The van der Waals surface area contributed by atoms with Crippen molar-refractivity contribution in [3.8, 4) is 0 Å². The van der Waals surface area contributed by atoms with Crippen LogP contribution in [0.4, 0.5) is 0 Å². The standard InChI is InChI=1S/C15H24N2O2/c1-10(2)13-6-5-8-17(9-7-13)15(18)14-11(3)16-12(4)19-14/h10,13H,5-9H2,1-4H3. The van der Waals surface area contributed by atoms with Gasteiger partial charge in [0.05, 0.1) is 5.69 Å². The molecule has 0 bridgehead atoms. The molecule has 1 aliphatic heterocycles. The number of aryl methyl sites for hydroxylation is 2.